The molecule has 1 amide bonds. The molecule has 3 aromatic carbocycles. The molecule has 1 saturated heterocycles. The highest BCUT2D eigenvalue weighted by Gasteiger charge is 2.46. The summed E-state index contributed by atoms with van der Waals surface area (Å²) in [5.74, 6) is -1.74. The van der Waals surface area contributed by atoms with Crippen molar-refractivity contribution in [2.24, 2.45) is 0 Å². The van der Waals surface area contributed by atoms with E-state index in [-0.39, 0.29) is 16.4 Å². The SMILES string of the molecule is CCc1ccc(C2/C(=C(/O)c3ccc(Cl)c(Cl)c3)C(=O)C(=O)N2c2ccccc2)cc1. The number of hydrogen-bond acceptors (Lipinski definition) is 3. The molecule has 1 atom stereocenters. The maximum atomic E-state index is 13.1. The van der Waals surface area contributed by atoms with Crippen LogP contribution >= 0.6 is 23.2 Å². The lowest BCUT2D eigenvalue weighted by atomic mass is 9.94. The fraction of sp³-hybridized carbons (Fsp3) is 0.120. The van der Waals surface area contributed by atoms with Crippen molar-refractivity contribution in [3.63, 3.8) is 0 Å². The average Bonchev–Trinajstić information content (AvgIpc) is 3.06. The van der Waals surface area contributed by atoms with Crippen molar-refractivity contribution in [1.29, 1.82) is 0 Å². The largest absolute Gasteiger partial charge is 0.507 e. The molecule has 1 heterocycles. The van der Waals surface area contributed by atoms with Gasteiger partial charge in [0.15, 0.2) is 0 Å². The molecule has 0 aliphatic carbocycles. The van der Waals surface area contributed by atoms with Gasteiger partial charge in [0.05, 0.1) is 21.7 Å². The molecule has 1 aliphatic rings. The van der Waals surface area contributed by atoms with Gasteiger partial charge in [0.2, 0.25) is 0 Å². The van der Waals surface area contributed by atoms with E-state index < -0.39 is 17.7 Å². The number of carbonyl (C=O) groups is 2. The number of anilines is 1. The first-order valence-corrected chi connectivity index (χ1v) is 10.6. The van der Waals surface area contributed by atoms with Crippen molar-refractivity contribution in [2.75, 3.05) is 4.90 Å². The highest BCUT2D eigenvalue weighted by molar-refractivity contribution is 6.51. The summed E-state index contributed by atoms with van der Waals surface area (Å²) in [6, 6.07) is 20.4. The van der Waals surface area contributed by atoms with E-state index >= 15 is 0 Å². The number of aryl methyl sites for hydroxylation is 1. The van der Waals surface area contributed by atoms with Crippen molar-refractivity contribution in [1.82, 2.24) is 0 Å². The van der Waals surface area contributed by atoms with Crippen molar-refractivity contribution < 1.29 is 14.7 Å². The van der Waals surface area contributed by atoms with Crippen molar-refractivity contribution in [3.8, 4) is 0 Å². The number of para-hydroxylation sites is 1. The van der Waals surface area contributed by atoms with Gasteiger partial charge in [0.1, 0.15) is 5.76 Å². The summed E-state index contributed by atoms with van der Waals surface area (Å²) in [6.45, 7) is 2.05. The van der Waals surface area contributed by atoms with Crippen LogP contribution in [0.2, 0.25) is 10.0 Å². The molecule has 6 heteroatoms. The van der Waals surface area contributed by atoms with Gasteiger partial charge in [-0.2, -0.15) is 0 Å². The molecule has 3 aromatic rings. The molecule has 4 rings (SSSR count). The second-order valence-electron chi connectivity index (χ2n) is 7.23. The lowest BCUT2D eigenvalue weighted by Gasteiger charge is -2.25. The number of halogens is 2. The lowest BCUT2D eigenvalue weighted by molar-refractivity contribution is -0.132. The number of benzene rings is 3. The predicted octanol–water partition coefficient (Wildman–Crippen LogP) is 6.18. The first-order chi connectivity index (χ1) is 14.9. The van der Waals surface area contributed by atoms with Gasteiger partial charge >= 0.3 is 0 Å². The zero-order chi connectivity index (χ0) is 22.1. The van der Waals surface area contributed by atoms with Crippen LogP contribution in [0.3, 0.4) is 0 Å². The summed E-state index contributed by atoms with van der Waals surface area (Å²) in [7, 11) is 0. The minimum atomic E-state index is -0.775. The maximum absolute atomic E-state index is 13.1. The molecule has 0 bridgehead atoms. The predicted molar refractivity (Wildman–Crippen MR) is 124 cm³/mol. The first-order valence-electron chi connectivity index (χ1n) is 9.82. The third-order valence-corrected chi connectivity index (χ3v) is 6.11. The number of hydrogen-bond donors (Lipinski definition) is 1. The van der Waals surface area contributed by atoms with E-state index in [1.807, 2.05) is 30.3 Å². The Bertz CT molecular complexity index is 1190. The summed E-state index contributed by atoms with van der Waals surface area (Å²) in [5, 5.41) is 11.7. The van der Waals surface area contributed by atoms with E-state index in [0.717, 1.165) is 17.5 Å². The number of rotatable bonds is 4. The van der Waals surface area contributed by atoms with E-state index in [1.54, 1.807) is 30.3 Å². The Hall–Kier alpha value is -3.08. The average molecular weight is 452 g/mol. The van der Waals surface area contributed by atoms with E-state index in [1.165, 1.54) is 17.0 Å². The minimum absolute atomic E-state index is 0.0106. The number of carbonyl (C=O) groups excluding carboxylic acids is 2. The monoisotopic (exact) mass is 451 g/mol. The Morgan fingerprint density at radius 1 is 0.935 bits per heavy atom. The van der Waals surface area contributed by atoms with Gasteiger partial charge in [0, 0.05) is 11.3 Å². The van der Waals surface area contributed by atoms with Crippen LogP contribution in [0.5, 0.6) is 0 Å². The number of Topliss-reactive ketones (excluding diaryl/α,β-unsaturated/α-hetero) is 1. The maximum Gasteiger partial charge on any atom is 0.300 e. The Labute approximate surface area is 190 Å². The van der Waals surface area contributed by atoms with Gasteiger partial charge in [-0.3, -0.25) is 14.5 Å². The Morgan fingerprint density at radius 3 is 2.23 bits per heavy atom. The Kier molecular flexibility index (Phi) is 5.86. The molecule has 0 radical (unpaired) electrons. The summed E-state index contributed by atoms with van der Waals surface area (Å²) >= 11 is 12.1. The highest BCUT2D eigenvalue weighted by atomic mass is 35.5. The van der Waals surface area contributed by atoms with Gasteiger partial charge in [-0.25, -0.2) is 0 Å². The van der Waals surface area contributed by atoms with Gasteiger partial charge in [0.25, 0.3) is 11.7 Å². The normalized spacial score (nSPS) is 17.9. The van der Waals surface area contributed by atoms with E-state index in [0.29, 0.717) is 16.3 Å². The Balaban J connectivity index is 1.93. The highest BCUT2D eigenvalue weighted by Crippen LogP contribution is 2.42. The number of aliphatic hydroxyl groups excluding tert-OH is 1. The topological polar surface area (TPSA) is 57.6 Å². The van der Waals surface area contributed by atoms with Crippen LogP contribution in [0.15, 0.2) is 78.4 Å². The fourth-order valence-electron chi connectivity index (χ4n) is 3.74. The number of ketones is 1. The molecular formula is C25H19Cl2NO3. The van der Waals surface area contributed by atoms with Gasteiger partial charge < -0.3 is 5.11 Å². The zero-order valence-corrected chi connectivity index (χ0v) is 18.2. The molecule has 1 fully saturated rings. The third-order valence-electron chi connectivity index (χ3n) is 5.38. The molecule has 1 unspecified atom stereocenters. The van der Waals surface area contributed by atoms with Crippen LogP contribution in [-0.4, -0.2) is 16.8 Å². The summed E-state index contributed by atoms with van der Waals surface area (Å²) in [4.78, 5) is 27.6. The van der Waals surface area contributed by atoms with Gasteiger partial charge in [-0.1, -0.05) is 72.6 Å². The second-order valence-corrected chi connectivity index (χ2v) is 8.04. The molecule has 1 aliphatic heterocycles. The van der Waals surface area contributed by atoms with Crippen molar-refractivity contribution in [2.45, 2.75) is 19.4 Å². The second kappa shape index (κ2) is 8.58. The van der Waals surface area contributed by atoms with Crippen molar-refractivity contribution >= 4 is 46.3 Å². The minimum Gasteiger partial charge on any atom is -0.507 e. The third kappa shape index (κ3) is 3.85. The van der Waals surface area contributed by atoms with Crippen LogP contribution in [0.4, 0.5) is 5.69 Å². The summed E-state index contributed by atoms with van der Waals surface area (Å²) < 4.78 is 0. The van der Waals surface area contributed by atoms with Crippen LogP contribution < -0.4 is 4.90 Å². The molecule has 156 valence electrons. The summed E-state index contributed by atoms with van der Waals surface area (Å²) in [5.41, 5.74) is 2.75. The van der Waals surface area contributed by atoms with E-state index in [9.17, 15) is 14.7 Å². The van der Waals surface area contributed by atoms with Crippen molar-refractivity contribution in [3.05, 3.63) is 105 Å². The van der Waals surface area contributed by atoms with Crippen LogP contribution in [0.25, 0.3) is 5.76 Å². The van der Waals surface area contributed by atoms with E-state index in [4.69, 9.17) is 23.2 Å². The smallest absolute Gasteiger partial charge is 0.300 e. The Morgan fingerprint density at radius 2 is 1.61 bits per heavy atom. The molecule has 4 nitrogen and oxygen atoms in total. The molecule has 31 heavy (non-hydrogen) atoms. The molecule has 0 saturated carbocycles. The standard InChI is InChI=1S/C25H19Cl2NO3/c1-2-15-8-10-16(11-9-15)22-21(23(29)17-12-13-19(26)20(27)14-17)24(30)25(31)28(22)18-6-4-3-5-7-18/h3-14,22,29H,2H2,1H3/b23-21-. The van der Waals surface area contributed by atoms with E-state index in [2.05, 4.69) is 6.92 Å². The van der Waals surface area contributed by atoms with Crippen LogP contribution in [0, 0.1) is 0 Å². The van der Waals surface area contributed by atoms with Gasteiger partial charge in [-0.05, 0) is 47.9 Å². The first kappa shape index (κ1) is 21.2. The van der Waals surface area contributed by atoms with Crippen LogP contribution in [0.1, 0.15) is 29.7 Å². The fourth-order valence-corrected chi connectivity index (χ4v) is 4.04. The number of aliphatic hydroxyl groups is 1. The quantitative estimate of drug-likeness (QED) is 0.292. The van der Waals surface area contributed by atoms with Crippen LogP contribution in [-0.2, 0) is 16.0 Å². The van der Waals surface area contributed by atoms with Gasteiger partial charge in [-0.15, -0.1) is 0 Å². The molecular weight excluding hydrogens is 433 g/mol. The number of amides is 1. The lowest BCUT2D eigenvalue weighted by Crippen LogP contribution is -2.29. The molecule has 0 spiro atoms. The summed E-state index contributed by atoms with van der Waals surface area (Å²) in [6.07, 6.45) is 0.864. The molecule has 1 N–H and O–H groups in total. The molecule has 0 aromatic heterocycles. The zero-order valence-electron chi connectivity index (χ0n) is 16.7. The number of nitrogens with zero attached hydrogens (tertiary/aromatic N) is 1.